The maximum Gasteiger partial charge on any atom is 0.317 e. The van der Waals surface area contributed by atoms with Crippen LogP contribution in [0.4, 0.5) is 4.79 Å². The monoisotopic (exact) mass is 266 g/mol. The van der Waals surface area contributed by atoms with E-state index in [9.17, 15) is 9.90 Å². The minimum Gasteiger partial charge on any atom is -0.389 e. The molecule has 1 heterocycles. The first-order valence-corrected chi connectivity index (χ1v) is 7.09. The van der Waals surface area contributed by atoms with E-state index in [-0.39, 0.29) is 6.03 Å². The second-order valence-electron chi connectivity index (χ2n) is 4.31. The van der Waals surface area contributed by atoms with Crippen LogP contribution < -0.4 is 5.32 Å². The number of thioether (sulfide) groups is 1. The molecule has 5 heteroatoms. The summed E-state index contributed by atoms with van der Waals surface area (Å²) in [6.45, 7) is 4.09. The lowest BCUT2D eigenvalue weighted by molar-refractivity contribution is 0.199. The van der Waals surface area contributed by atoms with E-state index in [0.29, 0.717) is 0 Å². The van der Waals surface area contributed by atoms with Gasteiger partial charge in [0, 0.05) is 30.3 Å². The number of hydrogen-bond donors (Lipinski definition) is 2. The summed E-state index contributed by atoms with van der Waals surface area (Å²) in [7, 11) is 0. The molecule has 1 aromatic carbocycles. The molecule has 1 aliphatic heterocycles. The molecule has 2 rings (SSSR count). The van der Waals surface area contributed by atoms with Crippen LogP contribution in [0.3, 0.4) is 0 Å². The highest BCUT2D eigenvalue weighted by molar-refractivity contribution is 7.99. The highest BCUT2D eigenvalue weighted by Crippen LogP contribution is 2.21. The van der Waals surface area contributed by atoms with Crippen LogP contribution in [-0.4, -0.2) is 41.4 Å². The Morgan fingerprint density at radius 3 is 2.72 bits per heavy atom. The van der Waals surface area contributed by atoms with E-state index in [4.69, 9.17) is 0 Å². The van der Waals surface area contributed by atoms with E-state index in [0.717, 1.165) is 31.0 Å². The minimum atomic E-state index is -0.419. The van der Waals surface area contributed by atoms with Crippen molar-refractivity contribution in [3.63, 3.8) is 0 Å². The van der Waals surface area contributed by atoms with Crippen molar-refractivity contribution in [2.75, 3.05) is 25.4 Å². The Morgan fingerprint density at radius 2 is 2.17 bits per heavy atom. The van der Waals surface area contributed by atoms with Gasteiger partial charge in [0.05, 0.1) is 6.10 Å². The van der Waals surface area contributed by atoms with Crippen molar-refractivity contribution >= 4 is 17.8 Å². The van der Waals surface area contributed by atoms with Crippen LogP contribution >= 0.6 is 11.8 Å². The molecule has 4 nitrogen and oxygen atoms in total. The van der Waals surface area contributed by atoms with Gasteiger partial charge in [0.15, 0.2) is 0 Å². The van der Waals surface area contributed by atoms with Crippen LogP contribution in [0, 0.1) is 0 Å². The van der Waals surface area contributed by atoms with Gasteiger partial charge in [-0.25, -0.2) is 4.79 Å². The largest absolute Gasteiger partial charge is 0.389 e. The summed E-state index contributed by atoms with van der Waals surface area (Å²) >= 11 is 1.73. The number of amides is 2. The predicted octanol–water partition coefficient (Wildman–Crippen LogP) is 1.86. The van der Waals surface area contributed by atoms with Crippen LogP contribution in [0.2, 0.25) is 0 Å². The van der Waals surface area contributed by atoms with Gasteiger partial charge in [0.1, 0.15) is 0 Å². The number of hydrogen-bond acceptors (Lipinski definition) is 3. The summed E-state index contributed by atoms with van der Waals surface area (Å²) in [5, 5.41) is 12.2. The Hall–Kier alpha value is -1.20. The summed E-state index contributed by atoms with van der Waals surface area (Å²) in [4.78, 5) is 14.3. The van der Waals surface area contributed by atoms with Crippen LogP contribution in [0.15, 0.2) is 29.2 Å². The zero-order valence-corrected chi connectivity index (χ0v) is 11.2. The van der Waals surface area contributed by atoms with Crippen molar-refractivity contribution in [3.05, 3.63) is 29.8 Å². The normalized spacial score (nSPS) is 16.8. The summed E-state index contributed by atoms with van der Waals surface area (Å²) in [6, 6.07) is 7.94. The lowest BCUT2D eigenvalue weighted by atomic mass is 10.1. The number of urea groups is 1. The quantitative estimate of drug-likeness (QED) is 0.800. The Balaban J connectivity index is 1.78. The van der Waals surface area contributed by atoms with Crippen LogP contribution in [0.1, 0.15) is 18.6 Å². The summed E-state index contributed by atoms with van der Waals surface area (Å²) < 4.78 is 0. The molecule has 1 aliphatic rings. The van der Waals surface area contributed by atoms with Gasteiger partial charge in [-0.1, -0.05) is 12.1 Å². The summed E-state index contributed by atoms with van der Waals surface area (Å²) in [5.41, 5.74) is 0.929. The minimum absolute atomic E-state index is 0.0417. The van der Waals surface area contributed by atoms with Gasteiger partial charge < -0.3 is 15.3 Å². The number of nitrogens with one attached hydrogen (secondary N) is 1. The number of benzene rings is 1. The Labute approximate surface area is 111 Å². The number of carbonyl (C=O) groups excluding carboxylic acids is 1. The fourth-order valence-corrected chi connectivity index (χ4v) is 2.72. The molecular formula is C13H18N2O2S. The topological polar surface area (TPSA) is 52.6 Å². The molecule has 0 saturated carbocycles. The fraction of sp³-hybridized carbons (Fsp3) is 0.462. The first kappa shape index (κ1) is 13.2. The molecule has 1 atom stereocenters. The Kier molecular flexibility index (Phi) is 4.49. The van der Waals surface area contributed by atoms with Crippen molar-refractivity contribution < 1.29 is 9.90 Å². The molecule has 0 bridgehead atoms. The van der Waals surface area contributed by atoms with Gasteiger partial charge >= 0.3 is 6.03 Å². The molecule has 1 aromatic rings. The average molecular weight is 266 g/mol. The van der Waals surface area contributed by atoms with E-state index < -0.39 is 6.10 Å². The SMILES string of the molecule is CC(O)c1ccc(SCCN2CCNC2=O)cc1. The first-order chi connectivity index (χ1) is 8.66. The van der Waals surface area contributed by atoms with Gasteiger partial charge in [-0.2, -0.15) is 0 Å². The van der Waals surface area contributed by atoms with E-state index >= 15 is 0 Å². The van der Waals surface area contributed by atoms with Gasteiger partial charge in [-0.15, -0.1) is 11.8 Å². The molecule has 0 aromatic heterocycles. The second-order valence-corrected chi connectivity index (χ2v) is 5.48. The number of carbonyl (C=O) groups is 1. The van der Waals surface area contributed by atoms with E-state index in [2.05, 4.69) is 5.32 Å². The highest BCUT2D eigenvalue weighted by atomic mass is 32.2. The zero-order chi connectivity index (χ0) is 13.0. The third-order valence-electron chi connectivity index (χ3n) is 2.94. The van der Waals surface area contributed by atoms with Crippen LogP contribution in [-0.2, 0) is 0 Å². The summed E-state index contributed by atoms with van der Waals surface area (Å²) in [6.07, 6.45) is -0.419. The Bertz CT molecular complexity index is 406. The second kappa shape index (κ2) is 6.11. The first-order valence-electron chi connectivity index (χ1n) is 6.10. The zero-order valence-electron chi connectivity index (χ0n) is 10.4. The summed E-state index contributed by atoms with van der Waals surface area (Å²) in [5.74, 6) is 0.890. The van der Waals surface area contributed by atoms with Crippen molar-refractivity contribution in [1.82, 2.24) is 10.2 Å². The van der Waals surface area contributed by atoms with Crippen molar-refractivity contribution in [1.29, 1.82) is 0 Å². The predicted molar refractivity (Wildman–Crippen MR) is 72.8 cm³/mol. The molecule has 1 fully saturated rings. The molecule has 2 amide bonds. The molecule has 2 N–H and O–H groups in total. The molecular weight excluding hydrogens is 248 g/mol. The number of aliphatic hydroxyl groups is 1. The van der Waals surface area contributed by atoms with Crippen LogP contribution in [0.25, 0.3) is 0 Å². The number of nitrogens with zero attached hydrogens (tertiary/aromatic N) is 1. The lowest BCUT2D eigenvalue weighted by Gasteiger charge is -2.13. The number of aliphatic hydroxyl groups excluding tert-OH is 1. The molecule has 98 valence electrons. The standard InChI is InChI=1S/C13H18N2O2S/c1-10(16)11-2-4-12(5-3-11)18-9-8-15-7-6-14-13(15)17/h2-5,10,16H,6-9H2,1H3,(H,14,17). The molecule has 0 aliphatic carbocycles. The third-order valence-corrected chi connectivity index (χ3v) is 3.93. The van der Waals surface area contributed by atoms with Crippen molar-refractivity contribution in [2.24, 2.45) is 0 Å². The van der Waals surface area contributed by atoms with Gasteiger partial charge in [0.2, 0.25) is 0 Å². The van der Waals surface area contributed by atoms with E-state index in [1.165, 1.54) is 4.90 Å². The van der Waals surface area contributed by atoms with Gasteiger partial charge in [-0.05, 0) is 24.6 Å². The van der Waals surface area contributed by atoms with Crippen LogP contribution in [0.5, 0.6) is 0 Å². The molecule has 0 spiro atoms. The molecule has 1 saturated heterocycles. The van der Waals surface area contributed by atoms with E-state index in [1.54, 1.807) is 18.7 Å². The maximum absolute atomic E-state index is 11.3. The molecule has 1 unspecified atom stereocenters. The fourth-order valence-electron chi connectivity index (χ4n) is 1.84. The highest BCUT2D eigenvalue weighted by Gasteiger charge is 2.18. The number of rotatable bonds is 5. The van der Waals surface area contributed by atoms with Gasteiger partial charge in [-0.3, -0.25) is 0 Å². The smallest absolute Gasteiger partial charge is 0.317 e. The van der Waals surface area contributed by atoms with Gasteiger partial charge in [0.25, 0.3) is 0 Å². The Morgan fingerprint density at radius 1 is 1.44 bits per heavy atom. The maximum atomic E-state index is 11.3. The lowest BCUT2D eigenvalue weighted by Crippen LogP contribution is -2.30. The van der Waals surface area contributed by atoms with E-state index in [1.807, 2.05) is 29.2 Å². The molecule has 0 radical (unpaired) electrons. The van der Waals surface area contributed by atoms with Crippen molar-refractivity contribution in [3.8, 4) is 0 Å². The third kappa shape index (κ3) is 3.40. The average Bonchev–Trinajstić information content (AvgIpc) is 2.76. The molecule has 18 heavy (non-hydrogen) atoms. The van der Waals surface area contributed by atoms with Crippen molar-refractivity contribution in [2.45, 2.75) is 17.9 Å².